The van der Waals surface area contributed by atoms with Crippen molar-refractivity contribution in [3.8, 4) is 0 Å². The molecule has 6 heteroatoms. The molecule has 1 aromatic carbocycles. The normalized spacial score (nSPS) is 24.0. The van der Waals surface area contributed by atoms with Crippen LogP contribution in [0.1, 0.15) is 23.3 Å². The molecule has 2 aliphatic rings. The highest BCUT2D eigenvalue weighted by Crippen LogP contribution is 2.58. The molecule has 1 aromatic heterocycles. The summed E-state index contributed by atoms with van der Waals surface area (Å²) in [5.41, 5.74) is 0.788. The van der Waals surface area contributed by atoms with Gasteiger partial charge in [0, 0.05) is 29.3 Å². The Morgan fingerprint density at radius 2 is 2.08 bits per heavy atom. The second-order valence-corrected chi connectivity index (χ2v) is 8.32. The molecule has 0 bridgehead atoms. The molecule has 2 aromatic rings. The molecule has 0 radical (unpaired) electrons. The first kappa shape index (κ1) is 17.2. The Bertz CT molecular complexity index is 806. The van der Waals surface area contributed by atoms with Crippen molar-refractivity contribution in [3.05, 3.63) is 58.0 Å². The van der Waals surface area contributed by atoms with E-state index in [0.29, 0.717) is 19.6 Å². The summed E-state index contributed by atoms with van der Waals surface area (Å²) in [4.78, 5) is 27.9. The Morgan fingerprint density at radius 3 is 2.81 bits per heavy atom. The molecular formula is C20H21FN2O2S. The highest BCUT2D eigenvalue weighted by Gasteiger charge is 2.61. The minimum Gasteiger partial charge on any atom is -0.351 e. The minimum absolute atomic E-state index is 0.0195. The Labute approximate surface area is 156 Å². The zero-order chi connectivity index (χ0) is 18.1. The number of hydrogen-bond acceptors (Lipinski definition) is 3. The van der Waals surface area contributed by atoms with Gasteiger partial charge in [-0.25, -0.2) is 4.39 Å². The Hall–Kier alpha value is -2.21. The summed E-state index contributed by atoms with van der Waals surface area (Å²) in [5.74, 6) is -0.119. The second kappa shape index (κ2) is 6.83. The first-order chi connectivity index (χ1) is 12.6. The van der Waals surface area contributed by atoms with Crippen LogP contribution in [0.25, 0.3) is 0 Å². The quantitative estimate of drug-likeness (QED) is 0.877. The molecule has 1 aliphatic carbocycles. The van der Waals surface area contributed by atoms with E-state index in [4.69, 9.17) is 0 Å². The predicted molar refractivity (Wildman–Crippen MR) is 98.0 cm³/mol. The molecule has 26 heavy (non-hydrogen) atoms. The number of thiophene rings is 1. The van der Waals surface area contributed by atoms with Gasteiger partial charge in [0.05, 0.1) is 13.0 Å². The van der Waals surface area contributed by atoms with Gasteiger partial charge in [-0.3, -0.25) is 9.59 Å². The monoisotopic (exact) mass is 372 g/mol. The van der Waals surface area contributed by atoms with Gasteiger partial charge >= 0.3 is 0 Å². The molecule has 1 aliphatic heterocycles. The van der Waals surface area contributed by atoms with Gasteiger partial charge < -0.3 is 10.2 Å². The fraction of sp³-hybridized carbons (Fsp3) is 0.400. The summed E-state index contributed by atoms with van der Waals surface area (Å²) >= 11 is 1.64. The van der Waals surface area contributed by atoms with Crippen LogP contribution in [0.15, 0.2) is 41.8 Å². The van der Waals surface area contributed by atoms with Crippen LogP contribution in [-0.2, 0) is 22.6 Å². The van der Waals surface area contributed by atoms with Crippen molar-refractivity contribution in [3.63, 3.8) is 0 Å². The molecule has 4 rings (SSSR count). The average Bonchev–Trinajstić information content (AvgIpc) is 2.99. The lowest BCUT2D eigenvalue weighted by Crippen LogP contribution is -2.32. The molecule has 1 N–H and O–H groups in total. The molecule has 2 heterocycles. The smallest absolute Gasteiger partial charge is 0.227 e. The average molecular weight is 372 g/mol. The lowest BCUT2D eigenvalue weighted by Gasteiger charge is -2.17. The molecule has 1 saturated heterocycles. The van der Waals surface area contributed by atoms with E-state index in [-0.39, 0.29) is 35.4 Å². The van der Waals surface area contributed by atoms with Gasteiger partial charge in [0.15, 0.2) is 0 Å². The van der Waals surface area contributed by atoms with Crippen LogP contribution < -0.4 is 5.32 Å². The fourth-order valence-corrected chi connectivity index (χ4v) is 4.52. The number of hydrogen-bond donors (Lipinski definition) is 1. The first-order valence-corrected chi connectivity index (χ1v) is 9.76. The van der Waals surface area contributed by atoms with E-state index in [9.17, 15) is 14.0 Å². The van der Waals surface area contributed by atoms with E-state index in [1.807, 2.05) is 22.4 Å². The Balaban J connectivity index is 1.29. The van der Waals surface area contributed by atoms with E-state index in [2.05, 4.69) is 5.32 Å². The fourth-order valence-electron chi connectivity index (χ4n) is 3.88. The summed E-state index contributed by atoms with van der Waals surface area (Å²) in [5, 5.41) is 5.02. The lowest BCUT2D eigenvalue weighted by molar-refractivity contribution is -0.130. The molecule has 2 fully saturated rings. The zero-order valence-corrected chi connectivity index (χ0v) is 15.2. The maximum atomic E-state index is 13.0. The first-order valence-electron chi connectivity index (χ1n) is 8.88. The Morgan fingerprint density at radius 1 is 1.27 bits per heavy atom. The molecule has 136 valence electrons. The van der Waals surface area contributed by atoms with Crippen molar-refractivity contribution in [2.75, 3.05) is 13.1 Å². The van der Waals surface area contributed by atoms with Crippen LogP contribution in [-0.4, -0.2) is 29.8 Å². The van der Waals surface area contributed by atoms with E-state index >= 15 is 0 Å². The van der Waals surface area contributed by atoms with Gasteiger partial charge in [0.25, 0.3) is 0 Å². The molecule has 2 amide bonds. The SMILES string of the molecule is O=C(NCc1cccs1)[C@H]1C[C@]12CCN(C(=O)Cc1ccc(F)cc1)C2. The highest BCUT2D eigenvalue weighted by molar-refractivity contribution is 7.09. The van der Waals surface area contributed by atoms with Gasteiger partial charge in [0.1, 0.15) is 5.82 Å². The number of halogens is 1. The van der Waals surface area contributed by atoms with Crippen molar-refractivity contribution in [2.45, 2.75) is 25.8 Å². The largest absolute Gasteiger partial charge is 0.351 e. The second-order valence-electron chi connectivity index (χ2n) is 7.28. The predicted octanol–water partition coefficient (Wildman–Crippen LogP) is 2.98. The molecule has 1 spiro atoms. The van der Waals surface area contributed by atoms with Gasteiger partial charge in [0.2, 0.25) is 11.8 Å². The number of carbonyl (C=O) groups excluding carboxylic acids is 2. The van der Waals surface area contributed by atoms with Crippen molar-refractivity contribution >= 4 is 23.2 Å². The third kappa shape index (κ3) is 3.51. The summed E-state index contributed by atoms with van der Waals surface area (Å²) in [7, 11) is 0. The number of nitrogens with one attached hydrogen (secondary N) is 1. The number of nitrogens with zero attached hydrogens (tertiary/aromatic N) is 1. The maximum Gasteiger partial charge on any atom is 0.227 e. The number of benzene rings is 1. The van der Waals surface area contributed by atoms with E-state index in [1.165, 1.54) is 12.1 Å². The molecule has 0 unspecified atom stereocenters. The number of rotatable bonds is 5. The number of carbonyl (C=O) groups is 2. The van der Waals surface area contributed by atoms with Crippen molar-refractivity contribution in [1.29, 1.82) is 0 Å². The third-order valence-corrected chi connectivity index (χ3v) is 6.41. The number of amides is 2. The van der Waals surface area contributed by atoms with Crippen molar-refractivity contribution < 1.29 is 14.0 Å². The summed E-state index contributed by atoms with van der Waals surface area (Å²) in [6.07, 6.45) is 2.04. The Kier molecular flexibility index (Phi) is 4.53. The van der Waals surface area contributed by atoms with Crippen LogP contribution in [0.5, 0.6) is 0 Å². The van der Waals surface area contributed by atoms with Gasteiger partial charge in [-0.05, 0) is 42.0 Å². The molecular weight excluding hydrogens is 351 g/mol. The molecule has 4 nitrogen and oxygen atoms in total. The standard InChI is InChI=1S/C20H21FN2O2S/c21-15-5-3-14(4-6-15)10-18(24)23-8-7-20(13-23)11-17(20)19(25)22-12-16-2-1-9-26-16/h1-6,9,17H,7-8,10-13H2,(H,22,25)/t17-,20+/m1/s1. The van der Waals surface area contributed by atoms with Crippen LogP contribution >= 0.6 is 11.3 Å². The highest BCUT2D eigenvalue weighted by atomic mass is 32.1. The summed E-state index contributed by atoms with van der Waals surface area (Å²) in [6, 6.07) is 10.0. The summed E-state index contributed by atoms with van der Waals surface area (Å²) in [6.45, 7) is 1.94. The summed E-state index contributed by atoms with van der Waals surface area (Å²) < 4.78 is 13.0. The van der Waals surface area contributed by atoms with Crippen LogP contribution in [0.4, 0.5) is 4.39 Å². The third-order valence-electron chi connectivity index (χ3n) is 5.53. The van der Waals surface area contributed by atoms with Crippen molar-refractivity contribution in [2.24, 2.45) is 11.3 Å². The maximum absolute atomic E-state index is 13.0. The topological polar surface area (TPSA) is 49.4 Å². The lowest BCUT2D eigenvalue weighted by atomic mass is 10.0. The minimum atomic E-state index is -0.296. The van der Waals surface area contributed by atoms with Crippen LogP contribution in [0.2, 0.25) is 0 Å². The molecule has 1 saturated carbocycles. The van der Waals surface area contributed by atoms with Gasteiger partial charge in [-0.2, -0.15) is 0 Å². The number of likely N-dealkylation sites (tertiary alicyclic amines) is 1. The van der Waals surface area contributed by atoms with E-state index < -0.39 is 0 Å². The van der Waals surface area contributed by atoms with Gasteiger partial charge in [-0.1, -0.05) is 18.2 Å². The van der Waals surface area contributed by atoms with E-state index in [0.717, 1.165) is 23.3 Å². The van der Waals surface area contributed by atoms with Gasteiger partial charge in [-0.15, -0.1) is 11.3 Å². The van der Waals surface area contributed by atoms with Crippen LogP contribution in [0.3, 0.4) is 0 Å². The van der Waals surface area contributed by atoms with Crippen LogP contribution in [0, 0.1) is 17.2 Å². The van der Waals surface area contributed by atoms with Crippen molar-refractivity contribution in [1.82, 2.24) is 10.2 Å². The molecule has 2 atom stereocenters. The van der Waals surface area contributed by atoms with E-state index in [1.54, 1.807) is 23.5 Å². The zero-order valence-electron chi connectivity index (χ0n) is 14.4.